The highest BCUT2D eigenvalue weighted by atomic mass is 127. The average Bonchev–Trinajstić information content (AvgIpc) is 3.30. The first-order valence-electron chi connectivity index (χ1n) is 11.2. The lowest BCUT2D eigenvalue weighted by atomic mass is 9.74. The molecule has 1 aromatic rings. The summed E-state index contributed by atoms with van der Waals surface area (Å²) in [6, 6.07) is 8.52. The fourth-order valence-electron chi connectivity index (χ4n) is 4.05. The molecule has 0 aliphatic carbocycles. The van der Waals surface area contributed by atoms with Gasteiger partial charge in [0.15, 0.2) is 5.96 Å². The first-order valence-corrected chi connectivity index (χ1v) is 11.2. The van der Waals surface area contributed by atoms with E-state index in [2.05, 4.69) is 39.9 Å². The number of nitrogens with zero attached hydrogens (tertiary/aromatic N) is 1. The molecule has 2 aliphatic heterocycles. The molecule has 1 atom stereocenters. The molecular weight excluding hydrogens is 509 g/mol. The van der Waals surface area contributed by atoms with Gasteiger partial charge in [0.2, 0.25) is 0 Å². The molecule has 0 bridgehead atoms. The van der Waals surface area contributed by atoms with Gasteiger partial charge in [0, 0.05) is 52.0 Å². The highest BCUT2D eigenvalue weighted by Gasteiger charge is 2.34. The van der Waals surface area contributed by atoms with Crippen LogP contribution in [0.5, 0.6) is 5.75 Å². The number of benzene rings is 1. The normalized spacial score (nSPS) is 20.7. The Labute approximate surface area is 203 Å². The molecule has 2 saturated heterocycles. The zero-order valence-corrected chi connectivity index (χ0v) is 21.2. The van der Waals surface area contributed by atoms with E-state index in [1.807, 2.05) is 14.0 Å². The summed E-state index contributed by atoms with van der Waals surface area (Å²) in [7, 11) is 1.81. The zero-order chi connectivity index (χ0) is 21.1. The van der Waals surface area contributed by atoms with Crippen molar-refractivity contribution < 1.29 is 18.9 Å². The molecule has 7 nitrogen and oxygen atoms in total. The molecule has 1 aromatic carbocycles. The minimum Gasteiger partial charge on any atom is -0.494 e. The van der Waals surface area contributed by atoms with E-state index < -0.39 is 0 Å². The van der Waals surface area contributed by atoms with Crippen LogP contribution in [0.25, 0.3) is 0 Å². The maximum atomic E-state index is 5.82. The Kier molecular flexibility index (Phi) is 11.9. The molecule has 0 radical (unpaired) electrons. The van der Waals surface area contributed by atoms with Crippen molar-refractivity contribution in [3.63, 3.8) is 0 Å². The number of aliphatic imine (C=N–C) groups is 1. The number of hydrogen-bond donors (Lipinski definition) is 2. The van der Waals surface area contributed by atoms with Gasteiger partial charge >= 0.3 is 0 Å². The minimum absolute atomic E-state index is 0. The van der Waals surface area contributed by atoms with Gasteiger partial charge in [-0.25, -0.2) is 0 Å². The number of nitrogens with one attached hydrogen (secondary N) is 2. The van der Waals surface area contributed by atoms with Crippen LogP contribution >= 0.6 is 24.0 Å². The van der Waals surface area contributed by atoms with Crippen LogP contribution in [0.15, 0.2) is 29.3 Å². The molecule has 2 aliphatic rings. The van der Waals surface area contributed by atoms with E-state index in [4.69, 9.17) is 18.9 Å². The van der Waals surface area contributed by atoms with Gasteiger partial charge in [-0.1, -0.05) is 12.1 Å². The summed E-state index contributed by atoms with van der Waals surface area (Å²) in [6.45, 7) is 8.19. The van der Waals surface area contributed by atoms with Crippen LogP contribution in [-0.2, 0) is 19.6 Å². The molecule has 2 heterocycles. The summed E-state index contributed by atoms with van der Waals surface area (Å²) in [5.41, 5.74) is 1.36. The topological polar surface area (TPSA) is 73.3 Å². The first kappa shape index (κ1) is 26.2. The number of guanidine groups is 1. The van der Waals surface area contributed by atoms with Gasteiger partial charge in [-0.05, 0) is 50.3 Å². The Morgan fingerprint density at radius 1 is 1.13 bits per heavy atom. The Bertz CT molecular complexity index is 645. The third kappa shape index (κ3) is 8.07. The fourth-order valence-corrected chi connectivity index (χ4v) is 4.05. The maximum absolute atomic E-state index is 5.82. The van der Waals surface area contributed by atoms with Crippen molar-refractivity contribution in [2.24, 2.45) is 4.99 Å². The van der Waals surface area contributed by atoms with Crippen LogP contribution in [0.3, 0.4) is 0 Å². The predicted molar refractivity (Wildman–Crippen MR) is 134 cm³/mol. The van der Waals surface area contributed by atoms with Gasteiger partial charge in [0.05, 0.1) is 19.3 Å². The molecule has 0 saturated carbocycles. The number of halogens is 1. The summed E-state index contributed by atoms with van der Waals surface area (Å²) in [5.74, 6) is 1.75. The molecule has 0 spiro atoms. The van der Waals surface area contributed by atoms with Crippen LogP contribution in [0.2, 0.25) is 0 Å². The van der Waals surface area contributed by atoms with Gasteiger partial charge < -0.3 is 29.6 Å². The monoisotopic (exact) mass is 547 g/mol. The molecule has 176 valence electrons. The van der Waals surface area contributed by atoms with E-state index in [0.717, 1.165) is 83.5 Å². The van der Waals surface area contributed by atoms with Gasteiger partial charge in [0.1, 0.15) is 5.75 Å². The number of ether oxygens (including phenoxy) is 4. The van der Waals surface area contributed by atoms with E-state index in [1.165, 1.54) is 5.56 Å². The van der Waals surface area contributed by atoms with Crippen LogP contribution in [0, 0.1) is 0 Å². The maximum Gasteiger partial charge on any atom is 0.191 e. The van der Waals surface area contributed by atoms with Crippen molar-refractivity contribution in [1.82, 2.24) is 10.6 Å². The van der Waals surface area contributed by atoms with Gasteiger partial charge in [-0.3, -0.25) is 4.99 Å². The molecule has 31 heavy (non-hydrogen) atoms. The van der Waals surface area contributed by atoms with Crippen LogP contribution < -0.4 is 15.4 Å². The highest BCUT2D eigenvalue weighted by Crippen LogP contribution is 2.35. The minimum atomic E-state index is 0. The van der Waals surface area contributed by atoms with E-state index >= 15 is 0 Å². The molecule has 0 amide bonds. The molecule has 2 N–H and O–H groups in total. The van der Waals surface area contributed by atoms with Gasteiger partial charge in [-0.15, -0.1) is 24.0 Å². The van der Waals surface area contributed by atoms with Crippen LogP contribution in [-0.4, -0.2) is 71.8 Å². The Morgan fingerprint density at radius 3 is 2.55 bits per heavy atom. The van der Waals surface area contributed by atoms with Crippen molar-refractivity contribution in [1.29, 1.82) is 0 Å². The summed E-state index contributed by atoms with van der Waals surface area (Å²) in [4.78, 5) is 4.39. The van der Waals surface area contributed by atoms with Gasteiger partial charge in [-0.2, -0.15) is 0 Å². The molecule has 1 unspecified atom stereocenters. The lowest BCUT2D eigenvalue weighted by Crippen LogP contribution is -2.48. The van der Waals surface area contributed by atoms with E-state index in [-0.39, 0.29) is 35.5 Å². The zero-order valence-electron chi connectivity index (χ0n) is 18.9. The quantitative estimate of drug-likeness (QED) is 0.203. The Balaban J connectivity index is 0.00000341. The third-order valence-corrected chi connectivity index (χ3v) is 5.90. The fraction of sp³-hybridized carbons (Fsp3) is 0.696. The number of rotatable bonds is 10. The summed E-state index contributed by atoms with van der Waals surface area (Å²) in [6.07, 6.45) is 4.19. The Hall–Kier alpha value is -1.10. The molecule has 8 heteroatoms. The molecule has 2 fully saturated rings. The second-order valence-electron chi connectivity index (χ2n) is 7.91. The second-order valence-corrected chi connectivity index (χ2v) is 7.91. The van der Waals surface area contributed by atoms with E-state index in [0.29, 0.717) is 6.61 Å². The average molecular weight is 547 g/mol. The standard InChI is InChI=1S/C23H37N3O4.HI/c1-3-29-20-7-5-19(6-8-20)23(10-15-27-16-11-23)18-26-22(24-2)25-12-4-13-30-21-9-14-28-17-21;/h5-8,21H,3-4,9-18H2,1-2H3,(H2,24,25,26);1H. The summed E-state index contributed by atoms with van der Waals surface area (Å²) < 4.78 is 22.4. The third-order valence-electron chi connectivity index (χ3n) is 5.90. The molecule has 3 rings (SSSR count). The lowest BCUT2D eigenvalue weighted by molar-refractivity contribution is 0.0419. The van der Waals surface area contributed by atoms with Crippen LogP contribution in [0.4, 0.5) is 0 Å². The van der Waals surface area contributed by atoms with Crippen molar-refractivity contribution >= 4 is 29.9 Å². The number of hydrogen-bond acceptors (Lipinski definition) is 5. The molecular formula is C23H38IN3O4. The highest BCUT2D eigenvalue weighted by molar-refractivity contribution is 14.0. The Morgan fingerprint density at radius 2 is 1.90 bits per heavy atom. The first-order chi connectivity index (χ1) is 14.8. The second kappa shape index (κ2) is 14.1. The van der Waals surface area contributed by atoms with E-state index in [9.17, 15) is 0 Å². The molecule has 0 aromatic heterocycles. The smallest absolute Gasteiger partial charge is 0.191 e. The van der Waals surface area contributed by atoms with Crippen molar-refractivity contribution in [3.05, 3.63) is 29.8 Å². The van der Waals surface area contributed by atoms with E-state index in [1.54, 1.807) is 0 Å². The summed E-state index contributed by atoms with van der Waals surface area (Å²) >= 11 is 0. The lowest BCUT2D eigenvalue weighted by Gasteiger charge is -2.38. The van der Waals surface area contributed by atoms with Crippen LogP contribution in [0.1, 0.15) is 38.2 Å². The largest absolute Gasteiger partial charge is 0.494 e. The SMILES string of the molecule is CCOc1ccc(C2(CNC(=NC)NCCCOC3CCOC3)CCOCC2)cc1.I. The van der Waals surface area contributed by atoms with Gasteiger partial charge in [0.25, 0.3) is 0 Å². The summed E-state index contributed by atoms with van der Waals surface area (Å²) in [5, 5.41) is 6.95. The van der Waals surface area contributed by atoms with Crippen molar-refractivity contribution in [3.8, 4) is 5.75 Å². The van der Waals surface area contributed by atoms with Crippen molar-refractivity contribution in [2.45, 2.75) is 44.1 Å². The van der Waals surface area contributed by atoms with Crippen molar-refractivity contribution in [2.75, 3.05) is 59.8 Å². The predicted octanol–water partition coefficient (Wildman–Crippen LogP) is 3.11.